The maximum atomic E-state index is 11.6. The molecule has 0 aliphatic carbocycles. The van der Waals surface area contributed by atoms with E-state index in [4.69, 9.17) is 21.8 Å². The van der Waals surface area contributed by atoms with Crippen molar-refractivity contribution in [3.8, 4) is 0 Å². The van der Waals surface area contributed by atoms with Crippen LogP contribution in [-0.4, -0.2) is 44.6 Å². The van der Waals surface area contributed by atoms with Crippen LogP contribution in [-0.2, 0) is 4.79 Å². The van der Waals surface area contributed by atoms with Crippen molar-refractivity contribution in [3.63, 3.8) is 0 Å². The van der Waals surface area contributed by atoms with Crippen LogP contribution in [0, 0.1) is 10.1 Å². The number of amides is 1. The number of aromatic nitrogens is 1. The largest absolute Gasteiger partial charge is 0.479 e. The molecule has 0 radical (unpaired) electrons. The Labute approximate surface area is 111 Å². The summed E-state index contributed by atoms with van der Waals surface area (Å²) in [5, 5.41) is 29.7. The van der Waals surface area contributed by atoms with Crippen molar-refractivity contribution in [2.75, 3.05) is 6.54 Å². The Morgan fingerprint density at radius 3 is 2.74 bits per heavy atom. The van der Waals surface area contributed by atoms with Crippen molar-refractivity contribution in [2.24, 2.45) is 0 Å². The molecule has 0 aromatic carbocycles. The van der Waals surface area contributed by atoms with Gasteiger partial charge in [-0.05, 0) is 0 Å². The van der Waals surface area contributed by atoms with Gasteiger partial charge in [-0.15, -0.1) is 0 Å². The number of carboxylic acid groups (broad SMARTS) is 1. The van der Waals surface area contributed by atoms with Gasteiger partial charge in [0.1, 0.15) is 11.3 Å². The van der Waals surface area contributed by atoms with Crippen LogP contribution in [0.25, 0.3) is 0 Å². The van der Waals surface area contributed by atoms with E-state index >= 15 is 0 Å². The number of nitrogens with one attached hydrogen (secondary N) is 1. The first-order valence-electron chi connectivity index (χ1n) is 4.82. The molecule has 102 valence electrons. The molecule has 0 saturated heterocycles. The number of nitrogens with zero attached hydrogens (tertiary/aromatic N) is 2. The topological polar surface area (TPSA) is 143 Å². The molecule has 0 saturated carbocycles. The molecule has 0 aliphatic heterocycles. The number of nitro groups is 1. The Balaban J connectivity index is 2.84. The van der Waals surface area contributed by atoms with Crippen molar-refractivity contribution in [1.29, 1.82) is 0 Å². The fraction of sp³-hybridized carbons (Fsp3) is 0.222. The number of carboxylic acids is 1. The highest BCUT2D eigenvalue weighted by atomic mass is 35.5. The second kappa shape index (κ2) is 6.07. The average molecular weight is 290 g/mol. The molecular weight excluding hydrogens is 282 g/mol. The van der Waals surface area contributed by atoms with E-state index in [-0.39, 0.29) is 10.7 Å². The minimum Gasteiger partial charge on any atom is -0.479 e. The Morgan fingerprint density at radius 2 is 2.21 bits per heavy atom. The maximum Gasteiger partial charge on any atom is 0.334 e. The molecule has 3 N–H and O–H groups in total. The number of carbonyl (C=O) groups excluding carboxylic acids is 1. The Hall–Kier alpha value is -2.26. The third-order valence-electron chi connectivity index (χ3n) is 2.02. The Morgan fingerprint density at radius 1 is 1.58 bits per heavy atom. The molecule has 1 amide bonds. The van der Waals surface area contributed by atoms with E-state index < -0.39 is 35.1 Å². The molecule has 0 unspecified atom stereocenters. The highest BCUT2D eigenvalue weighted by Crippen LogP contribution is 2.18. The summed E-state index contributed by atoms with van der Waals surface area (Å²) in [6, 6.07) is 0.901. The van der Waals surface area contributed by atoms with Gasteiger partial charge in [0, 0.05) is 6.07 Å². The molecule has 1 rings (SSSR count). The van der Waals surface area contributed by atoms with Gasteiger partial charge in [-0.2, -0.15) is 0 Å². The van der Waals surface area contributed by atoms with Crippen molar-refractivity contribution in [3.05, 3.63) is 33.1 Å². The standard InChI is InChI=1S/C9H8ClN3O6/c10-7-5(1-4(2-11-7)13(18)19)8(15)12-3-6(14)9(16)17/h1-2,6,14H,3H2,(H,12,15)(H,16,17)/t6-/m0/s1. The van der Waals surface area contributed by atoms with Gasteiger partial charge in [0.15, 0.2) is 6.10 Å². The van der Waals surface area contributed by atoms with E-state index in [0.29, 0.717) is 0 Å². The zero-order valence-corrected chi connectivity index (χ0v) is 9.99. The first kappa shape index (κ1) is 14.8. The number of aliphatic hydroxyl groups is 1. The van der Waals surface area contributed by atoms with Crippen LogP contribution in [0.3, 0.4) is 0 Å². The number of hydrogen-bond donors (Lipinski definition) is 3. The van der Waals surface area contributed by atoms with Gasteiger partial charge in [0.2, 0.25) is 0 Å². The van der Waals surface area contributed by atoms with Crippen LogP contribution in [0.15, 0.2) is 12.3 Å². The quantitative estimate of drug-likeness (QED) is 0.387. The van der Waals surface area contributed by atoms with E-state index in [0.717, 1.165) is 12.3 Å². The number of aliphatic carboxylic acids is 1. The first-order chi connectivity index (χ1) is 8.82. The van der Waals surface area contributed by atoms with Crippen LogP contribution in [0.4, 0.5) is 5.69 Å². The zero-order chi connectivity index (χ0) is 14.6. The van der Waals surface area contributed by atoms with Gasteiger partial charge in [-0.25, -0.2) is 9.78 Å². The predicted molar refractivity (Wildman–Crippen MR) is 61.9 cm³/mol. The molecule has 10 heteroatoms. The molecule has 1 atom stereocenters. The van der Waals surface area contributed by atoms with Crippen LogP contribution in [0.1, 0.15) is 10.4 Å². The summed E-state index contributed by atoms with van der Waals surface area (Å²) in [6.45, 7) is -0.562. The molecule has 0 spiro atoms. The second-order valence-electron chi connectivity index (χ2n) is 3.35. The third kappa shape index (κ3) is 3.86. The number of pyridine rings is 1. The summed E-state index contributed by atoms with van der Waals surface area (Å²) in [6.07, 6.45) is -0.903. The zero-order valence-electron chi connectivity index (χ0n) is 9.24. The summed E-state index contributed by atoms with van der Waals surface area (Å²) < 4.78 is 0. The number of halogens is 1. The number of rotatable bonds is 5. The minimum atomic E-state index is -1.78. The highest BCUT2D eigenvalue weighted by molar-refractivity contribution is 6.32. The molecule has 0 aliphatic rings. The lowest BCUT2D eigenvalue weighted by atomic mass is 10.2. The van der Waals surface area contributed by atoms with Crippen molar-refractivity contribution < 1.29 is 24.7 Å². The molecular formula is C9H8ClN3O6. The molecule has 9 nitrogen and oxygen atoms in total. The first-order valence-corrected chi connectivity index (χ1v) is 5.19. The number of hydrogen-bond acceptors (Lipinski definition) is 6. The lowest BCUT2D eigenvalue weighted by molar-refractivity contribution is -0.385. The number of carbonyl (C=O) groups is 2. The molecule has 1 heterocycles. The van der Waals surface area contributed by atoms with Crippen LogP contribution in [0.2, 0.25) is 5.15 Å². The second-order valence-corrected chi connectivity index (χ2v) is 3.71. The molecule has 1 aromatic rings. The van der Waals surface area contributed by atoms with Gasteiger partial charge in [-0.1, -0.05) is 11.6 Å². The molecule has 19 heavy (non-hydrogen) atoms. The fourth-order valence-corrected chi connectivity index (χ4v) is 1.26. The summed E-state index contributed by atoms with van der Waals surface area (Å²) >= 11 is 5.60. The lowest BCUT2D eigenvalue weighted by Crippen LogP contribution is -2.36. The van der Waals surface area contributed by atoms with Crippen molar-refractivity contribution >= 4 is 29.2 Å². The van der Waals surface area contributed by atoms with Gasteiger partial charge in [0.05, 0.1) is 17.0 Å². The van der Waals surface area contributed by atoms with E-state index in [1.54, 1.807) is 0 Å². The summed E-state index contributed by atoms with van der Waals surface area (Å²) in [4.78, 5) is 35.2. The summed E-state index contributed by atoms with van der Waals surface area (Å²) in [5.41, 5.74) is -0.721. The van der Waals surface area contributed by atoms with E-state index in [1.165, 1.54) is 0 Å². The Bertz CT molecular complexity index is 535. The van der Waals surface area contributed by atoms with Crippen LogP contribution in [0.5, 0.6) is 0 Å². The highest BCUT2D eigenvalue weighted by Gasteiger charge is 2.19. The third-order valence-corrected chi connectivity index (χ3v) is 2.32. The van der Waals surface area contributed by atoms with Crippen LogP contribution >= 0.6 is 11.6 Å². The molecule has 0 bridgehead atoms. The summed E-state index contributed by atoms with van der Waals surface area (Å²) in [5.74, 6) is -2.38. The summed E-state index contributed by atoms with van der Waals surface area (Å²) in [7, 11) is 0. The minimum absolute atomic E-state index is 0.270. The Kier molecular flexibility index (Phi) is 4.73. The van der Waals surface area contributed by atoms with Crippen molar-refractivity contribution in [1.82, 2.24) is 10.3 Å². The molecule has 1 aromatic heterocycles. The smallest absolute Gasteiger partial charge is 0.334 e. The maximum absolute atomic E-state index is 11.6. The van der Waals surface area contributed by atoms with Gasteiger partial charge in [0.25, 0.3) is 11.6 Å². The van der Waals surface area contributed by atoms with E-state index in [9.17, 15) is 19.7 Å². The predicted octanol–water partition coefficient (Wildman–Crippen LogP) is -0.182. The fourth-order valence-electron chi connectivity index (χ4n) is 1.07. The molecule has 0 fully saturated rings. The van der Waals surface area contributed by atoms with Crippen molar-refractivity contribution in [2.45, 2.75) is 6.10 Å². The van der Waals surface area contributed by atoms with Crippen LogP contribution < -0.4 is 5.32 Å². The van der Waals surface area contributed by atoms with Gasteiger partial charge >= 0.3 is 5.97 Å². The monoisotopic (exact) mass is 289 g/mol. The normalized spacial score (nSPS) is 11.7. The SMILES string of the molecule is O=C(NC[C@H](O)C(=O)O)c1cc([N+](=O)[O-])cnc1Cl. The lowest BCUT2D eigenvalue weighted by Gasteiger charge is -2.08. The average Bonchev–Trinajstić information content (AvgIpc) is 2.35. The van der Waals surface area contributed by atoms with E-state index in [2.05, 4.69) is 10.3 Å². The van der Waals surface area contributed by atoms with Gasteiger partial charge < -0.3 is 15.5 Å². The number of aliphatic hydroxyl groups excluding tert-OH is 1. The van der Waals surface area contributed by atoms with Gasteiger partial charge in [-0.3, -0.25) is 14.9 Å². The van der Waals surface area contributed by atoms with E-state index in [1.807, 2.05) is 0 Å².